The zero-order valence-corrected chi connectivity index (χ0v) is 5.36. The third-order valence-corrected chi connectivity index (χ3v) is 0. The fraction of sp³-hybridized carbons (Fsp3) is 0. The summed E-state index contributed by atoms with van der Waals surface area (Å²) in [6.45, 7) is 0. The molecule has 0 unspecified atom stereocenters. The minimum Gasteiger partial charge on any atom is -1.00 e. The van der Waals surface area contributed by atoms with Crippen molar-refractivity contribution in [2.45, 2.75) is 0 Å². The van der Waals surface area contributed by atoms with Gasteiger partial charge in [-0.25, -0.2) is 0 Å². The van der Waals surface area contributed by atoms with E-state index < -0.39 is 0 Å². The van der Waals surface area contributed by atoms with Gasteiger partial charge in [-0.2, -0.15) is 0 Å². The normalized spacial score (nSPS) is 11.4. The predicted molar refractivity (Wildman–Crippen MR) is 14.5 cm³/mol. The van der Waals surface area contributed by atoms with Gasteiger partial charge in [0.25, 0.3) is 0 Å². The maximum absolute atomic E-state index is 5.38. The van der Waals surface area contributed by atoms with Gasteiger partial charge in [-0.15, -0.1) is 0 Å². The molecule has 8 N–H and O–H groups in total. The molecule has 0 saturated heterocycles. The molecule has 0 aromatic heterocycles. The number of rotatable bonds is 0. The molecule has 0 saturated carbocycles. The standard InChI is InChI=1S/2ClH.Fe.4H2O/h2*1H;;4*1H2/q;;+2;;;;/p-2/i/hD8. The summed E-state index contributed by atoms with van der Waals surface area (Å²) in [5, 5.41) is 0. The number of hydrogen-bond donors (Lipinski definition) is 0. The smallest absolute Gasteiger partial charge is 1.00 e. The van der Waals surface area contributed by atoms with Gasteiger partial charge in [-0.05, 0) is 0 Å². The van der Waals surface area contributed by atoms with Gasteiger partial charge in [-0.3, -0.25) is 0 Å². The van der Waals surface area contributed by atoms with Gasteiger partial charge in [0.1, 0.15) is 0 Å². The molecule has 54 valence electrons. The van der Waals surface area contributed by atoms with Crippen molar-refractivity contribution in [2.24, 2.45) is 0 Å². The van der Waals surface area contributed by atoms with Gasteiger partial charge in [0.05, 0.1) is 0 Å². The molecule has 0 heterocycles. The molecule has 0 spiro atoms. The molecule has 0 radical (unpaired) electrons. The van der Waals surface area contributed by atoms with Crippen LogP contribution in [0.25, 0.3) is 0 Å². The van der Waals surface area contributed by atoms with Crippen LogP contribution in [0, 0.1) is 0 Å². The van der Waals surface area contributed by atoms with E-state index in [-0.39, 0.29) is 41.9 Å². The Labute approximate surface area is 76.1 Å². The molecule has 0 aromatic carbocycles. The summed E-state index contributed by atoms with van der Waals surface area (Å²) in [6.07, 6.45) is 0. The molecule has 0 aromatic rings. The second kappa shape index (κ2) is 277. The van der Waals surface area contributed by atoms with E-state index in [1.807, 2.05) is 0 Å². The Morgan fingerprint density at radius 2 is 0.857 bits per heavy atom. The van der Waals surface area contributed by atoms with E-state index in [4.69, 9.17) is 11.4 Å². The van der Waals surface area contributed by atoms with E-state index in [2.05, 4.69) is 21.9 Å². The topological polar surface area (TPSA) is 126 Å². The Morgan fingerprint density at radius 3 is 0.857 bits per heavy atom. The summed E-state index contributed by atoms with van der Waals surface area (Å²) in [5.74, 6) is 0. The molecule has 0 bridgehead atoms. The quantitative estimate of drug-likeness (QED) is 0.349. The van der Waals surface area contributed by atoms with Crippen LogP contribution in [-0.2, 0) is 17.1 Å². The molecule has 0 atom stereocenters. The van der Waals surface area contributed by atoms with Gasteiger partial charge in [0.2, 0.25) is 11.4 Å². The SMILES string of the molecule is [2H]O[2H].[2H]O[2H].[2H]O[2H].[2H]O[2H].[Cl-].[Cl-].[Fe+2]. The molecule has 0 amide bonds. The van der Waals surface area contributed by atoms with Crippen LogP contribution in [0.4, 0.5) is 0 Å². The average molecular weight is 207 g/mol. The van der Waals surface area contributed by atoms with Crippen molar-refractivity contribution < 1.29 is 63.8 Å². The first-order valence-electron chi connectivity index (χ1n) is 3.27. The van der Waals surface area contributed by atoms with Crippen molar-refractivity contribution in [3.63, 3.8) is 0 Å². The second-order valence-electron chi connectivity index (χ2n) is 0. The zero-order valence-electron chi connectivity index (χ0n) is 10.7. The summed E-state index contributed by atoms with van der Waals surface area (Å²) in [6, 6.07) is 0. The maximum Gasteiger partial charge on any atom is 2.00 e. The first kappa shape index (κ1) is 4.78. The maximum atomic E-state index is 5.38. The van der Waals surface area contributed by atoms with Crippen LogP contribution in [-0.4, -0.2) is 33.4 Å². The Bertz CT molecular complexity index is 32.6. The Hall–Kier alpha value is 0.939. The van der Waals surface area contributed by atoms with Crippen LogP contribution in [0.1, 0.15) is 0 Å². The fourth-order valence-electron chi connectivity index (χ4n) is 0. The third kappa shape index (κ3) is 192. The minimum absolute atomic E-state index is 0. The van der Waals surface area contributed by atoms with Gasteiger partial charge in [0, 0.05) is 0 Å². The molecule has 7 heteroatoms. The van der Waals surface area contributed by atoms with Gasteiger partial charge in [0.15, 0.2) is 0 Å². The van der Waals surface area contributed by atoms with Gasteiger partial charge in [-0.1, -0.05) is 0 Å². The van der Waals surface area contributed by atoms with Crippen molar-refractivity contribution in [1.29, 1.82) is 11.4 Å². The van der Waals surface area contributed by atoms with E-state index >= 15 is 0 Å². The van der Waals surface area contributed by atoms with Crippen molar-refractivity contribution in [1.82, 2.24) is 0 Å². The summed E-state index contributed by atoms with van der Waals surface area (Å²) < 4.78 is 43.0. The van der Waals surface area contributed by atoms with Gasteiger partial charge < -0.3 is 46.7 Å². The molecule has 0 aliphatic rings. The third-order valence-electron chi connectivity index (χ3n) is 0. The van der Waals surface area contributed by atoms with E-state index in [1.54, 1.807) is 0 Å². The minimum atomic E-state index is 0. The number of hydrogen-bond acceptors (Lipinski definition) is 0. The summed E-state index contributed by atoms with van der Waals surface area (Å²) in [5.41, 5.74) is 11.0. The van der Waals surface area contributed by atoms with E-state index in [0.29, 0.717) is 0 Å². The Kier molecular flexibility index (Phi) is 190. The van der Waals surface area contributed by atoms with Crippen molar-refractivity contribution in [3.8, 4) is 0 Å². The molecular formula is H8Cl2FeO4. The van der Waals surface area contributed by atoms with Crippen molar-refractivity contribution >= 4 is 0 Å². The summed E-state index contributed by atoms with van der Waals surface area (Å²) in [4.78, 5) is 0. The molecule has 0 aliphatic heterocycles. The van der Waals surface area contributed by atoms with Crippen LogP contribution in [0.5, 0.6) is 0 Å². The van der Waals surface area contributed by atoms with E-state index in [1.165, 1.54) is 0 Å². The van der Waals surface area contributed by atoms with Crippen LogP contribution in [0.15, 0.2) is 0 Å². The van der Waals surface area contributed by atoms with E-state index in [9.17, 15) is 0 Å². The van der Waals surface area contributed by atoms with Crippen LogP contribution >= 0.6 is 0 Å². The van der Waals surface area contributed by atoms with E-state index in [0.717, 1.165) is 0 Å². The largest absolute Gasteiger partial charge is 2.00 e. The van der Waals surface area contributed by atoms with Crippen LogP contribution < -0.4 is 24.8 Å². The molecule has 0 aliphatic carbocycles. The molecular weight excluding hydrogens is 191 g/mol. The van der Waals surface area contributed by atoms with Crippen LogP contribution in [0.3, 0.4) is 0 Å². The Morgan fingerprint density at radius 1 is 0.857 bits per heavy atom. The first-order chi connectivity index (χ1) is 5.66. The van der Waals surface area contributed by atoms with Crippen molar-refractivity contribution in [2.75, 3.05) is 0 Å². The van der Waals surface area contributed by atoms with Crippen molar-refractivity contribution in [3.05, 3.63) is 0 Å². The zero-order chi connectivity index (χ0) is 10.8. The Balaban J connectivity index is -0.0000000107. The predicted octanol–water partition coefficient (Wildman–Crippen LogP) is -9.29. The molecule has 0 rings (SSSR count). The fourth-order valence-corrected chi connectivity index (χ4v) is 0. The monoisotopic (exact) mass is 206 g/mol. The summed E-state index contributed by atoms with van der Waals surface area (Å²) in [7, 11) is 0. The first-order valence-corrected chi connectivity index (χ1v) is 0. The number of halogens is 2. The average Bonchev–Trinajstić information content (AvgIpc) is 1.92. The molecule has 4 nitrogen and oxygen atoms in total. The summed E-state index contributed by atoms with van der Waals surface area (Å²) >= 11 is 0. The van der Waals surface area contributed by atoms with Crippen LogP contribution in [0.2, 0.25) is 0 Å². The molecule has 0 fully saturated rings. The second-order valence-corrected chi connectivity index (χ2v) is 0. The molecule has 7 heavy (non-hydrogen) atoms. The van der Waals surface area contributed by atoms with Gasteiger partial charge >= 0.3 is 17.1 Å².